The number of esters is 1. The molecule has 0 aromatic heterocycles. The summed E-state index contributed by atoms with van der Waals surface area (Å²) in [7, 11) is 2.81. The van der Waals surface area contributed by atoms with E-state index in [4.69, 9.17) is 29.2 Å². The number of halogens is 10. The second kappa shape index (κ2) is 22.3. The van der Waals surface area contributed by atoms with Gasteiger partial charge in [-0.3, -0.25) is 0 Å². The van der Waals surface area contributed by atoms with Gasteiger partial charge in [0.15, 0.2) is 5.75 Å². The summed E-state index contributed by atoms with van der Waals surface area (Å²) in [6.45, 7) is 7.52. The summed E-state index contributed by atoms with van der Waals surface area (Å²) in [5.74, 6) is -27.6. The highest BCUT2D eigenvalue weighted by Gasteiger charge is 2.30. The molecule has 56 heavy (non-hydrogen) atoms. The number of hydrogen-bond acceptors (Lipinski definition) is 8. The van der Waals surface area contributed by atoms with Gasteiger partial charge < -0.3 is 33.9 Å². The minimum absolute atomic E-state index is 0. The van der Waals surface area contributed by atoms with E-state index in [0.29, 0.717) is 17.9 Å². The molecule has 304 valence electrons. The number of aromatic carboxylic acids is 1. The summed E-state index contributed by atoms with van der Waals surface area (Å²) < 4.78 is 153. The van der Waals surface area contributed by atoms with Crippen LogP contribution in [-0.2, 0) is 22.7 Å². The highest BCUT2D eigenvalue weighted by atomic mass is 19.2. The van der Waals surface area contributed by atoms with Crippen molar-refractivity contribution in [3.05, 3.63) is 142 Å². The van der Waals surface area contributed by atoms with Crippen LogP contribution in [0.2, 0.25) is 0 Å². The van der Waals surface area contributed by atoms with Crippen LogP contribution in [0.15, 0.2) is 61.7 Å². The predicted molar refractivity (Wildman–Crippen MR) is 178 cm³/mol. The van der Waals surface area contributed by atoms with E-state index in [-0.39, 0.29) is 49.7 Å². The molecule has 0 aliphatic heterocycles. The average molecular weight is 811 g/mol. The van der Waals surface area contributed by atoms with E-state index < -0.39 is 81.6 Å². The zero-order valence-electron chi connectivity index (χ0n) is 28.4. The molecule has 0 atom stereocenters. The van der Waals surface area contributed by atoms with Gasteiger partial charge in [0, 0.05) is 11.1 Å². The third-order valence-electron chi connectivity index (χ3n) is 6.67. The van der Waals surface area contributed by atoms with Crippen LogP contribution < -0.4 is 14.2 Å². The van der Waals surface area contributed by atoms with E-state index in [2.05, 4.69) is 17.9 Å². The SMILES string of the molecule is C.C=CCOCc1c(OC)cccc1C(=O)O.C=CCOCc1c(OC)cccc1C(=O)Oc1c(F)c(F)c(F)c(F)c1F.Oc1c(F)c(F)c(F)c(F)c1F. The number of carboxylic acid groups (broad SMARTS) is 1. The zero-order chi connectivity index (χ0) is 41.6. The average Bonchev–Trinajstić information content (AvgIpc) is 3.19. The van der Waals surface area contributed by atoms with Gasteiger partial charge in [0.25, 0.3) is 0 Å². The van der Waals surface area contributed by atoms with Gasteiger partial charge in [0.2, 0.25) is 63.9 Å². The molecule has 0 bridgehead atoms. The summed E-state index contributed by atoms with van der Waals surface area (Å²) in [5.41, 5.74) is 0.667. The molecule has 4 aromatic carbocycles. The number of rotatable bonds is 13. The molecule has 4 aromatic rings. The van der Waals surface area contributed by atoms with Crippen LogP contribution in [0.3, 0.4) is 0 Å². The Labute approximate surface area is 312 Å². The number of benzene rings is 4. The smallest absolute Gasteiger partial charge is 0.344 e. The number of carboxylic acids is 1. The van der Waals surface area contributed by atoms with Crippen molar-refractivity contribution >= 4 is 11.9 Å². The summed E-state index contributed by atoms with van der Waals surface area (Å²) in [6, 6.07) is 8.96. The topological polar surface area (TPSA) is 121 Å². The normalized spacial score (nSPS) is 10.1. The van der Waals surface area contributed by atoms with Crippen LogP contribution in [0.1, 0.15) is 39.3 Å². The molecule has 0 radical (unpaired) electrons. The van der Waals surface area contributed by atoms with E-state index in [1.807, 2.05) is 0 Å². The van der Waals surface area contributed by atoms with Crippen LogP contribution in [-0.4, -0.2) is 49.6 Å². The van der Waals surface area contributed by atoms with Crippen LogP contribution >= 0.6 is 0 Å². The van der Waals surface area contributed by atoms with E-state index in [0.717, 1.165) is 0 Å². The molecule has 4 rings (SSSR count). The molecule has 0 heterocycles. The van der Waals surface area contributed by atoms with Crippen LogP contribution in [0.4, 0.5) is 43.9 Å². The van der Waals surface area contributed by atoms with Crippen molar-refractivity contribution in [3.8, 4) is 23.0 Å². The van der Waals surface area contributed by atoms with Crippen molar-refractivity contribution in [1.29, 1.82) is 0 Å². The van der Waals surface area contributed by atoms with E-state index in [9.17, 15) is 53.5 Å². The summed E-state index contributed by atoms with van der Waals surface area (Å²) in [5, 5.41) is 17.3. The third-order valence-corrected chi connectivity index (χ3v) is 6.67. The number of methoxy groups -OCH3 is 2. The number of hydrogen-bond donors (Lipinski definition) is 2. The number of phenolic OH excluding ortho intramolecular Hbond substituents is 1. The molecule has 0 saturated carbocycles. The molecule has 9 nitrogen and oxygen atoms in total. The van der Waals surface area contributed by atoms with Gasteiger partial charge in [-0.25, -0.2) is 35.9 Å². The predicted octanol–water partition coefficient (Wildman–Crippen LogP) is 9.13. The molecular formula is C37H32F10O9. The van der Waals surface area contributed by atoms with E-state index >= 15 is 0 Å². The Morgan fingerprint density at radius 2 is 0.964 bits per heavy atom. The fraction of sp³-hybridized carbons (Fsp3) is 0.189. The lowest BCUT2D eigenvalue weighted by Gasteiger charge is -2.14. The van der Waals surface area contributed by atoms with E-state index in [1.54, 1.807) is 18.2 Å². The second-order valence-corrected chi connectivity index (χ2v) is 10.1. The van der Waals surface area contributed by atoms with Gasteiger partial charge in [-0.05, 0) is 24.3 Å². The van der Waals surface area contributed by atoms with Crippen LogP contribution in [0.5, 0.6) is 23.0 Å². The van der Waals surface area contributed by atoms with Crippen molar-refractivity contribution < 1.29 is 87.4 Å². The maximum atomic E-state index is 13.7. The Kier molecular flexibility index (Phi) is 19.1. The third kappa shape index (κ3) is 11.5. The van der Waals surface area contributed by atoms with Crippen molar-refractivity contribution in [1.82, 2.24) is 0 Å². The van der Waals surface area contributed by atoms with E-state index in [1.165, 1.54) is 44.6 Å². The van der Waals surface area contributed by atoms with Gasteiger partial charge in [0.05, 0.1) is 51.8 Å². The number of ether oxygens (including phenoxy) is 5. The molecule has 2 N–H and O–H groups in total. The maximum absolute atomic E-state index is 13.7. The Balaban J connectivity index is 0.000000459. The Bertz CT molecular complexity index is 1910. The number of phenols is 1. The van der Waals surface area contributed by atoms with Crippen molar-refractivity contribution in [2.24, 2.45) is 0 Å². The molecule has 0 amide bonds. The number of aromatic hydroxyl groups is 1. The number of carbonyl (C=O) groups excluding carboxylic acids is 1. The molecule has 0 fully saturated rings. The van der Waals surface area contributed by atoms with Gasteiger partial charge in [-0.15, -0.1) is 13.2 Å². The van der Waals surface area contributed by atoms with Gasteiger partial charge >= 0.3 is 11.9 Å². The minimum atomic E-state index is -2.36. The van der Waals surface area contributed by atoms with Crippen molar-refractivity contribution in [3.63, 3.8) is 0 Å². The first kappa shape index (κ1) is 47.9. The van der Waals surface area contributed by atoms with Gasteiger partial charge in [-0.1, -0.05) is 31.7 Å². The minimum Gasteiger partial charge on any atom is -0.503 e. The zero-order valence-corrected chi connectivity index (χ0v) is 28.4. The molecule has 0 saturated heterocycles. The lowest BCUT2D eigenvalue weighted by molar-refractivity contribution is 0.0685. The largest absolute Gasteiger partial charge is 0.503 e. The van der Waals surface area contributed by atoms with Crippen molar-refractivity contribution in [2.75, 3.05) is 27.4 Å². The summed E-state index contributed by atoms with van der Waals surface area (Å²) in [4.78, 5) is 23.3. The highest BCUT2D eigenvalue weighted by molar-refractivity contribution is 5.93. The standard InChI is InChI=1S/C18H13F5O4.C12H14O4.C6HF5O.CH4/c1-3-7-26-8-10-9(5-4-6-11(10)25-2)18(24)27-17-15(22)13(20)12(19)14(21)16(17)23;1-3-7-16-8-10-9(12(13)14)5-4-6-11(10)15-2;7-1-2(8)4(10)6(12)5(11)3(1)9;/h3-6H,1,7-8H2,2H3;3-6H,1,7-8H2,2H3,(H,13,14);12H;1H4. The first-order valence-electron chi connectivity index (χ1n) is 14.9. The lowest BCUT2D eigenvalue weighted by atomic mass is 10.1. The summed E-state index contributed by atoms with van der Waals surface area (Å²) in [6.07, 6.45) is 3.05. The maximum Gasteiger partial charge on any atom is 0.344 e. The quantitative estimate of drug-likeness (QED) is 0.0259. The Hall–Kier alpha value is -6.08. The van der Waals surface area contributed by atoms with Crippen LogP contribution in [0.25, 0.3) is 0 Å². The van der Waals surface area contributed by atoms with Crippen LogP contribution in [0, 0.1) is 58.2 Å². The second-order valence-electron chi connectivity index (χ2n) is 10.1. The molecular weight excluding hydrogens is 778 g/mol. The summed E-state index contributed by atoms with van der Waals surface area (Å²) >= 11 is 0. The molecule has 19 heteroatoms. The highest BCUT2D eigenvalue weighted by Crippen LogP contribution is 2.32. The molecule has 0 spiro atoms. The van der Waals surface area contributed by atoms with Gasteiger partial charge in [-0.2, -0.15) is 17.6 Å². The first-order chi connectivity index (χ1) is 26.0. The van der Waals surface area contributed by atoms with Crippen molar-refractivity contribution in [2.45, 2.75) is 20.6 Å². The Morgan fingerprint density at radius 3 is 1.34 bits per heavy atom. The lowest BCUT2D eigenvalue weighted by Crippen LogP contribution is -2.16. The number of carbonyl (C=O) groups is 2. The first-order valence-corrected chi connectivity index (χ1v) is 14.9. The molecule has 0 unspecified atom stereocenters. The fourth-order valence-electron chi connectivity index (χ4n) is 4.11. The monoisotopic (exact) mass is 810 g/mol. The molecule has 0 aliphatic rings. The molecule has 0 aliphatic carbocycles. The van der Waals surface area contributed by atoms with Gasteiger partial charge in [0.1, 0.15) is 11.5 Å². The fourth-order valence-corrected chi connectivity index (χ4v) is 4.11. The Morgan fingerprint density at radius 1 is 0.607 bits per heavy atom.